The van der Waals surface area contributed by atoms with Gasteiger partial charge in [0, 0.05) is 22.0 Å². The van der Waals surface area contributed by atoms with Gasteiger partial charge in [-0.1, -0.05) is 72.2 Å². The summed E-state index contributed by atoms with van der Waals surface area (Å²) in [7, 11) is 0. The van der Waals surface area contributed by atoms with E-state index in [9.17, 15) is 0 Å². The molecule has 3 nitrogen and oxygen atoms in total. The number of benzene rings is 3. The van der Waals surface area contributed by atoms with Gasteiger partial charge in [0.2, 0.25) is 0 Å². The molecule has 0 saturated heterocycles. The summed E-state index contributed by atoms with van der Waals surface area (Å²) in [4.78, 5) is 0. The summed E-state index contributed by atoms with van der Waals surface area (Å²) in [6, 6.07) is 24.9. The van der Waals surface area contributed by atoms with Crippen molar-refractivity contribution in [1.29, 1.82) is 0 Å². The van der Waals surface area contributed by atoms with E-state index in [0.717, 1.165) is 34.4 Å². The number of nitrogens with zero attached hydrogens (tertiary/aromatic N) is 3. The lowest BCUT2D eigenvalue weighted by Gasteiger charge is -2.11. The van der Waals surface area contributed by atoms with E-state index in [1.807, 2.05) is 24.3 Å². The smallest absolute Gasteiger partial charge is 0.196 e. The van der Waals surface area contributed by atoms with Crippen LogP contribution in [0.3, 0.4) is 0 Å². The minimum absolute atomic E-state index is 0.709. The first kappa shape index (κ1) is 19.7. The molecule has 0 bridgehead atoms. The summed E-state index contributed by atoms with van der Waals surface area (Å²) >= 11 is 7.77. The second-order valence-electron chi connectivity index (χ2n) is 6.95. The number of rotatable bonds is 6. The third-order valence-electron chi connectivity index (χ3n) is 4.79. The number of aryl methyl sites for hydroxylation is 2. The molecule has 0 radical (unpaired) electrons. The van der Waals surface area contributed by atoms with Crippen LogP contribution in [0.2, 0.25) is 5.02 Å². The predicted molar refractivity (Wildman–Crippen MR) is 122 cm³/mol. The molecule has 0 aliphatic heterocycles. The molecule has 4 rings (SSSR count). The van der Waals surface area contributed by atoms with Gasteiger partial charge in [-0.05, 0) is 60.9 Å². The Balaban J connectivity index is 1.73. The van der Waals surface area contributed by atoms with E-state index < -0.39 is 0 Å². The highest BCUT2D eigenvalue weighted by Crippen LogP contribution is 2.30. The average molecular weight is 420 g/mol. The minimum Gasteiger partial charge on any atom is -0.270 e. The molecule has 0 spiro atoms. The van der Waals surface area contributed by atoms with Crippen LogP contribution >= 0.6 is 23.4 Å². The summed E-state index contributed by atoms with van der Waals surface area (Å²) in [5.41, 5.74) is 5.90. The van der Waals surface area contributed by atoms with Crippen molar-refractivity contribution in [3.8, 4) is 17.1 Å². The molecule has 29 heavy (non-hydrogen) atoms. The van der Waals surface area contributed by atoms with Crippen molar-refractivity contribution < 1.29 is 0 Å². The van der Waals surface area contributed by atoms with Gasteiger partial charge >= 0.3 is 0 Å². The predicted octanol–water partition coefficient (Wildman–Crippen LogP) is 6.75. The van der Waals surface area contributed by atoms with Gasteiger partial charge in [0.1, 0.15) is 0 Å². The quantitative estimate of drug-likeness (QED) is 0.324. The van der Waals surface area contributed by atoms with Crippen molar-refractivity contribution in [2.75, 3.05) is 0 Å². The van der Waals surface area contributed by atoms with Gasteiger partial charge in [0.05, 0.1) is 0 Å². The number of aromatic nitrogens is 3. The summed E-state index contributed by atoms with van der Waals surface area (Å²) < 4.78 is 2.13. The van der Waals surface area contributed by atoms with Crippen LogP contribution in [0.4, 0.5) is 0 Å². The van der Waals surface area contributed by atoms with Gasteiger partial charge in [-0.2, -0.15) is 0 Å². The van der Waals surface area contributed by atoms with E-state index in [2.05, 4.69) is 77.1 Å². The van der Waals surface area contributed by atoms with Gasteiger partial charge in [0.25, 0.3) is 0 Å². The first-order chi connectivity index (χ1) is 14.1. The highest BCUT2D eigenvalue weighted by molar-refractivity contribution is 7.98. The molecule has 0 amide bonds. The van der Waals surface area contributed by atoms with Gasteiger partial charge in [0.15, 0.2) is 11.0 Å². The molecule has 3 aromatic carbocycles. The van der Waals surface area contributed by atoms with Crippen LogP contribution in [0.5, 0.6) is 0 Å². The third-order valence-corrected chi connectivity index (χ3v) is 6.04. The molecule has 1 heterocycles. The van der Waals surface area contributed by atoms with Crippen molar-refractivity contribution in [3.63, 3.8) is 0 Å². The summed E-state index contributed by atoms with van der Waals surface area (Å²) in [6.45, 7) is 4.28. The molecule has 0 fully saturated rings. The van der Waals surface area contributed by atoms with Gasteiger partial charge in [-0.15, -0.1) is 10.2 Å². The van der Waals surface area contributed by atoms with E-state index in [4.69, 9.17) is 11.6 Å². The van der Waals surface area contributed by atoms with Crippen molar-refractivity contribution in [2.24, 2.45) is 0 Å². The minimum atomic E-state index is 0.709. The molecule has 146 valence electrons. The molecule has 0 atom stereocenters. The molecular weight excluding hydrogens is 398 g/mol. The highest BCUT2D eigenvalue weighted by atomic mass is 35.5. The molecule has 0 aliphatic carbocycles. The van der Waals surface area contributed by atoms with Gasteiger partial charge < -0.3 is 0 Å². The number of thioether (sulfide) groups is 1. The monoisotopic (exact) mass is 419 g/mol. The van der Waals surface area contributed by atoms with Crippen molar-refractivity contribution in [3.05, 3.63) is 94.5 Å². The second-order valence-corrected chi connectivity index (χ2v) is 8.33. The zero-order valence-electron chi connectivity index (χ0n) is 16.5. The van der Waals surface area contributed by atoms with Crippen LogP contribution in [0.25, 0.3) is 17.1 Å². The molecule has 4 aromatic rings. The van der Waals surface area contributed by atoms with E-state index in [-0.39, 0.29) is 0 Å². The standard InChI is InChI=1S/C24H22ClN3S/c1-3-18-7-13-22(14-8-18)28-23(20-9-11-21(25)12-10-20)26-27-24(28)29-16-19-6-4-5-17(2)15-19/h4-15H,3,16H2,1-2H3. The molecule has 0 unspecified atom stereocenters. The fourth-order valence-corrected chi connectivity index (χ4v) is 4.23. The summed E-state index contributed by atoms with van der Waals surface area (Å²) in [5, 5.41) is 10.6. The molecule has 0 saturated carbocycles. The Bertz CT molecular complexity index is 1100. The Hall–Kier alpha value is -2.56. The number of hydrogen-bond acceptors (Lipinski definition) is 3. The number of halogens is 1. The largest absolute Gasteiger partial charge is 0.270 e. The lowest BCUT2D eigenvalue weighted by Crippen LogP contribution is -2.00. The van der Waals surface area contributed by atoms with E-state index in [1.165, 1.54) is 16.7 Å². The van der Waals surface area contributed by atoms with Crippen LogP contribution in [0.1, 0.15) is 23.6 Å². The fourth-order valence-electron chi connectivity index (χ4n) is 3.21. The highest BCUT2D eigenvalue weighted by Gasteiger charge is 2.16. The Morgan fingerprint density at radius 1 is 0.897 bits per heavy atom. The second kappa shape index (κ2) is 8.85. The van der Waals surface area contributed by atoms with E-state index in [0.29, 0.717) is 5.02 Å². The van der Waals surface area contributed by atoms with Crippen molar-refractivity contribution in [1.82, 2.24) is 14.8 Å². The zero-order chi connectivity index (χ0) is 20.2. The maximum Gasteiger partial charge on any atom is 0.196 e. The first-order valence-electron chi connectivity index (χ1n) is 9.63. The molecular formula is C24H22ClN3S. The van der Waals surface area contributed by atoms with E-state index in [1.54, 1.807) is 11.8 Å². The molecule has 1 aromatic heterocycles. The number of hydrogen-bond donors (Lipinski definition) is 0. The van der Waals surface area contributed by atoms with Crippen LogP contribution < -0.4 is 0 Å². The van der Waals surface area contributed by atoms with Gasteiger partial charge in [-0.3, -0.25) is 4.57 Å². The van der Waals surface area contributed by atoms with Crippen molar-refractivity contribution in [2.45, 2.75) is 31.2 Å². The molecule has 0 N–H and O–H groups in total. The lowest BCUT2D eigenvalue weighted by atomic mass is 10.1. The Morgan fingerprint density at radius 2 is 1.66 bits per heavy atom. The fraction of sp³-hybridized carbons (Fsp3) is 0.167. The Labute approximate surface area is 180 Å². The Morgan fingerprint density at radius 3 is 2.34 bits per heavy atom. The topological polar surface area (TPSA) is 30.7 Å². The van der Waals surface area contributed by atoms with Crippen LogP contribution in [-0.2, 0) is 12.2 Å². The van der Waals surface area contributed by atoms with Gasteiger partial charge in [-0.25, -0.2) is 0 Å². The van der Waals surface area contributed by atoms with Crippen molar-refractivity contribution >= 4 is 23.4 Å². The van der Waals surface area contributed by atoms with Crippen LogP contribution in [0.15, 0.2) is 78.0 Å². The summed E-state index contributed by atoms with van der Waals surface area (Å²) in [5.74, 6) is 1.66. The third kappa shape index (κ3) is 4.55. The normalized spacial score (nSPS) is 11.0. The maximum atomic E-state index is 6.08. The maximum absolute atomic E-state index is 6.08. The SMILES string of the molecule is CCc1ccc(-n2c(SCc3cccc(C)c3)nnc2-c2ccc(Cl)cc2)cc1. The molecule has 5 heteroatoms. The first-order valence-corrected chi connectivity index (χ1v) is 11.0. The zero-order valence-corrected chi connectivity index (χ0v) is 18.0. The summed E-state index contributed by atoms with van der Waals surface area (Å²) in [6.07, 6.45) is 1.02. The lowest BCUT2D eigenvalue weighted by molar-refractivity contribution is 0.885. The Kier molecular flexibility index (Phi) is 6.02. The molecule has 0 aliphatic rings. The van der Waals surface area contributed by atoms with Crippen LogP contribution in [-0.4, -0.2) is 14.8 Å². The van der Waals surface area contributed by atoms with E-state index >= 15 is 0 Å². The van der Waals surface area contributed by atoms with Crippen LogP contribution in [0, 0.1) is 6.92 Å². The average Bonchev–Trinajstić information content (AvgIpc) is 3.17.